The number of carbonyl (C=O) groups is 1. The number of hydrogen-bond acceptors (Lipinski definition) is 3. The van der Waals surface area contributed by atoms with E-state index in [9.17, 15) is 4.79 Å². The molecule has 5 nitrogen and oxygen atoms in total. The SMILES string of the molecule is CC(C)n1c(CCNC(=O)CCc2ccccc2)nc2cccnc21. The Morgan fingerprint density at radius 1 is 1.12 bits per heavy atom. The summed E-state index contributed by atoms with van der Waals surface area (Å²) in [5.74, 6) is 1.04. The lowest BCUT2D eigenvalue weighted by molar-refractivity contribution is -0.121. The lowest BCUT2D eigenvalue weighted by Gasteiger charge is -2.12. The molecule has 0 atom stereocenters. The topological polar surface area (TPSA) is 59.8 Å². The molecule has 25 heavy (non-hydrogen) atoms. The van der Waals surface area contributed by atoms with Crippen molar-refractivity contribution in [2.75, 3.05) is 6.54 Å². The van der Waals surface area contributed by atoms with Crippen molar-refractivity contribution in [1.82, 2.24) is 19.9 Å². The van der Waals surface area contributed by atoms with E-state index in [2.05, 4.69) is 33.7 Å². The van der Waals surface area contributed by atoms with E-state index in [0.717, 1.165) is 23.4 Å². The molecule has 0 aliphatic rings. The molecule has 2 heterocycles. The number of imidazole rings is 1. The van der Waals surface area contributed by atoms with Crippen LogP contribution in [0.25, 0.3) is 11.2 Å². The molecule has 130 valence electrons. The fourth-order valence-corrected chi connectivity index (χ4v) is 3.00. The van der Waals surface area contributed by atoms with Gasteiger partial charge in [0.1, 0.15) is 11.3 Å². The van der Waals surface area contributed by atoms with E-state index in [1.165, 1.54) is 5.56 Å². The van der Waals surface area contributed by atoms with Crippen LogP contribution in [-0.2, 0) is 17.6 Å². The van der Waals surface area contributed by atoms with Gasteiger partial charge in [-0.25, -0.2) is 9.97 Å². The number of pyridine rings is 1. The predicted molar refractivity (Wildman–Crippen MR) is 99.4 cm³/mol. The van der Waals surface area contributed by atoms with Crippen LogP contribution in [-0.4, -0.2) is 27.0 Å². The smallest absolute Gasteiger partial charge is 0.220 e. The average molecular weight is 336 g/mol. The zero-order valence-corrected chi connectivity index (χ0v) is 14.8. The quantitative estimate of drug-likeness (QED) is 0.720. The first-order valence-corrected chi connectivity index (χ1v) is 8.77. The number of fused-ring (bicyclic) bond motifs is 1. The first-order chi connectivity index (χ1) is 12.1. The highest BCUT2D eigenvalue weighted by Gasteiger charge is 2.14. The maximum atomic E-state index is 12.0. The Morgan fingerprint density at radius 2 is 1.92 bits per heavy atom. The Hall–Kier alpha value is -2.69. The van der Waals surface area contributed by atoms with Crippen molar-refractivity contribution < 1.29 is 4.79 Å². The minimum Gasteiger partial charge on any atom is -0.356 e. The Labute approximate surface area is 148 Å². The Morgan fingerprint density at radius 3 is 2.68 bits per heavy atom. The van der Waals surface area contributed by atoms with E-state index in [0.29, 0.717) is 19.4 Å². The summed E-state index contributed by atoms with van der Waals surface area (Å²) in [5, 5.41) is 3.00. The van der Waals surface area contributed by atoms with Gasteiger partial charge in [-0.1, -0.05) is 30.3 Å². The van der Waals surface area contributed by atoms with E-state index in [1.54, 1.807) is 6.20 Å². The average Bonchev–Trinajstić information content (AvgIpc) is 2.99. The zero-order valence-electron chi connectivity index (χ0n) is 14.8. The molecule has 2 aromatic heterocycles. The minimum atomic E-state index is 0.0780. The maximum Gasteiger partial charge on any atom is 0.220 e. The number of nitrogens with one attached hydrogen (secondary N) is 1. The van der Waals surface area contributed by atoms with E-state index < -0.39 is 0 Å². The molecule has 1 N–H and O–H groups in total. The number of aryl methyl sites for hydroxylation is 1. The molecule has 1 aromatic carbocycles. The molecule has 0 aliphatic carbocycles. The fraction of sp³-hybridized carbons (Fsp3) is 0.350. The third-order valence-electron chi connectivity index (χ3n) is 4.19. The summed E-state index contributed by atoms with van der Waals surface area (Å²) < 4.78 is 2.14. The van der Waals surface area contributed by atoms with Crippen LogP contribution >= 0.6 is 0 Å². The summed E-state index contributed by atoms with van der Waals surface area (Å²) in [6.07, 6.45) is 3.76. The molecule has 0 spiro atoms. The van der Waals surface area contributed by atoms with Gasteiger partial charge in [0.25, 0.3) is 0 Å². The highest BCUT2D eigenvalue weighted by molar-refractivity contribution is 5.76. The van der Waals surface area contributed by atoms with Gasteiger partial charge in [0.2, 0.25) is 5.91 Å². The van der Waals surface area contributed by atoms with Crippen molar-refractivity contribution in [2.45, 2.75) is 39.2 Å². The van der Waals surface area contributed by atoms with Crippen molar-refractivity contribution >= 4 is 17.1 Å². The highest BCUT2D eigenvalue weighted by atomic mass is 16.1. The summed E-state index contributed by atoms with van der Waals surface area (Å²) in [6, 6.07) is 14.2. The molecule has 0 radical (unpaired) electrons. The first kappa shape index (κ1) is 17.1. The Bertz CT molecular complexity index is 839. The number of carbonyl (C=O) groups excluding carboxylic acids is 1. The third-order valence-corrected chi connectivity index (χ3v) is 4.19. The van der Waals surface area contributed by atoms with E-state index in [-0.39, 0.29) is 11.9 Å². The lowest BCUT2D eigenvalue weighted by atomic mass is 10.1. The van der Waals surface area contributed by atoms with Crippen LogP contribution in [0.2, 0.25) is 0 Å². The van der Waals surface area contributed by atoms with Crippen molar-refractivity contribution in [3.63, 3.8) is 0 Å². The second-order valence-corrected chi connectivity index (χ2v) is 6.42. The number of hydrogen-bond donors (Lipinski definition) is 1. The third kappa shape index (κ3) is 4.24. The monoisotopic (exact) mass is 336 g/mol. The normalized spacial score (nSPS) is 11.2. The number of aromatic nitrogens is 3. The maximum absolute atomic E-state index is 12.0. The van der Waals surface area contributed by atoms with E-state index >= 15 is 0 Å². The molecule has 0 aliphatic heterocycles. The van der Waals surface area contributed by atoms with Crippen molar-refractivity contribution in [1.29, 1.82) is 0 Å². The molecule has 0 saturated carbocycles. The van der Waals surface area contributed by atoms with Crippen molar-refractivity contribution in [2.24, 2.45) is 0 Å². The van der Waals surface area contributed by atoms with Crippen LogP contribution in [0, 0.1) is 0 Å². The standard InChI is InChI=1S/C20H24N4O/c1-15(2)24-18(23-17-9-6-13-22-20(17)24)12-14-21-19(25)11-10-16-7-4-3-5-8-16/h3-9,13,15H,10-12,14H2,1-2H3,(H,21,25). The molecule has 3 rings (SSSR count). The van der Waals surface area contributed by atoms with Gasteiger partial charge in [-0.05, 0) is 38.0 Å². The summed E-state index contributed by atoms with van der Waals surface area (Å²) in [4.78, 5) is 21.2. The second kappa shape index (κ2) is 7.92. The van der Waals surface area contributed by atoms with Crippen molar-refractivity contribution in [3.8, 4) is 0 Å². The molecular formula is C20H24N4O. The van der Waals surface area contributed by atoms with Gasteiger partial charge in [0.15, 0.2) is 5.65 Å². The molecule has 1 amide bonds. The number of amides is 1. The van der Waals surface area contributed by atoms with Crippen LogP contribution in [0.3, 0.4) is 0 Å². The second-order valence-electron chi connectivity index (χ2n) is 6.42. The predicted octanol–water partition coefficient (Wildman–Crippen LogP) is 3.30. The molecule has 0 fully saturated rings. The van der Waals surface area contributed by atoms with Crippen LogP contribution in [0.15, 0.2) is 48.7 Å². The molecule has 0 saturated heterocycles. The van der Waals surface area contributed by atoms with Gasteiger partial charge in [0.05, 0.1) is 0 Å². The van der Waals surface area contributed by atoms with Crippen LogP contribution in [0.1, 0.15) is 37.7 Å². The molecule has 0 unspecified atom stereocenters. The van der Waals surface area contributed by atoms with Crippen LogP contribution < -0.4 is 5.32 Å². The zero-order chi connectivity index (χ0) is 17.6. The Kier molecular flexibility index (Phi) is 5.43. The highest BCUT2D eigenvalue weighted by Crippen LogP contribution is 2.19. The molecule has 3 aromatic rings. The number of benzene rings is 1. The van der Waals surface area contributed by atoms with Gasteiger partial charge in [-0.15, -0.1) is 0 Å². The van der Waals surface area contributed by atoms with Crippen molar-refractivity contribution in [3.05, 3.63) is 60.0 Å². The summed E-state index contributed by atoms with van der Waals surface area (Å²) in [7, 11) is 0. The van der Waals surface area contributed by atoms with Gasteiger partial charge >= 0.3 is 0 Å². The van der Waals surface area contributed by atoms with Crippen LogP contribution in [0.4, 0.5) is 0 Å². The number of nitrogens with zero attached hydrogens (tertiary/aromatic N) is 3. The summed E-state index contributed by atoms with van der Waals surface area (Å²) >= 11 is 0. The van der Waals surface area contributed by atoms with E-state index in [4.69, 9.17) is 0 Å². The molecule has 5 heteroatoms. The van der Waals surface area contributed by atoms with Crippen LogP contribution in [0.5, 0.6) is 0 Å². The van der Waals surface area contributed by atoms with Gasteiger partial charge in [0, 0.05) is 31.6 Å². The van der Waals surface area contributed by atoms with E-state index in [1.807, 2.05) is 42.5 Å². The summed E-state index contributed by atoms with van der Waals surface area (Å²) in [6.45, 7) is 4.83. The fourth-order valence-electron chi connectivity index (χ4n) is 3.00. The summed E-state index contributed by atoms with van der Waals surface area (Å²) in [5.41, 5.74) is 3.00. The molecule has 0 bridgehead atoms. The minimum absolute atomic E-state index is 0.0780. The van der Waals surface area contributed by atoms with Gasteiger partial charge in [-0.3, -0.25) is 4.79 Å². The lowest BCUT2D eigenvalue weighted by Crippen LogP contribution is -2.26. The first-order valence-electron chi connectivity index (χ1n) is 8.77. The largest absolute Gasteiger partial charge is 0.356 e. The molecular weight excluding hydrogens is 312 g/mol. The Balaban J connectivity index is 1.56. The number of rotatable bonds is 7. The van der Waals surface area contributed by atoms with Gasteiger partial charge < -0.3 is 9.88 Å². The van der Waals surface area contributed by atoms with Gasteiger partial charge in [-0.2, -0.15) is 0 Å².